The maximum Gasteiger partial charge on any atom is 0.415 e. The Balaban J connectivity index is 1.48. The van der Waals surface area contributed by atoms with Gasteiger partial charge in [0.2, 0.25) is 12.4 Å². The summed E-state index contributed by atoms with van der Waals surface area (Å²) in [5.74, 6) is -2.97. The summed E-state index contributed by atoms with van der Waals surface area (Å²) in [6, 6.07) is 10.0. The van der Waals surface area contributed by atoms with E-state index in [9.17, 15) is 28.7 Å². The topological polar surface area (TPSA) is 113 Å². The molecule has 3 aliphatic heterocycles. The SMILES string of the molecule is CC(C)Oc1cc([C@H](Cc2c(Cl)c[n+](O)cc2Cl)c2c(CN(C(=O)O[C@H]3CN4CCC3CC4)c3ccccc3F)csc2C(=O)O)ccc1OC(F)F. The summed E-state index contributed by atoms with van der Waals surface area (Å²) in [5, 5.41) is 22.3. The molecule has 3 aliphatic rings. The van der Waals surface area contributed by atoms with E-state index >= 15 is 4.39 Å². The van der Waals surface area contributed by atoms with Gasteiger partial charge in [-0.05, 0) is 98.5 Å². The number of para-hydroxylation sites is 1. The van der Waals surface area contributed by atoms with E-state index in [0.717, 1.165) is 42.2 Å². The summed E-state index contributed by atoms with van der Waals surface area (Å²) in [7, 11) is 0. The fourth-order valence-electron chi connectivity index (χ4n) is 7.01. The smallest absolute Gasteiger partial charge is 0.415 e. The lowest BCUT2D eigenvalue weighted by Gasteiger charge is -2.44. The van der Waals surface area contributed by atoms with Crippen molar-refractivity contribution < 1.29 is 52.0 Å². The van der Waals surface area contributed by atoms with Crippen molar-refractivity contribution >= 4 is 52.3 Å². The summed E-state index contributed by atoms with van der Waals surface area (Å²) in [4.78, 5) is 30.3. The predicted molar refractivity (Wildman–Crippen MR) is 192 cm³/mol. The van der Waals surface area contributed by atoms with E-state index < -0.39 is 42.6 Å². The maximum atomic E-state index is 15.5. The third kappa shape index (κ3) is 8.77. The molecule has 2 N–H and O–H groups in total. The number of piperidine rings is 3. The van der Waals surface area contributed by atoms with E-state index in [4.69, 9.17) is 37.4 Å². The minimum atomic E-state index is -3.15. The Morgan fingerprint density at radius 1 is 1.06 bits per heavy atom. The molecule has 2 bridgehead atoms. The van der Waals surface area contributed by atoms with E-state index in [-0.39, 0.29) is 56.6 Å². The fraction of sp³-hybridized carbons (Fsp3) is 0.378. The van der Waals surface area contributed by atoms with Crippen LogP contribution in [0.3, 0.4) is 0 Å². The number of benzene rings is 2. The molecule has 2 aromatic carbocycles. The first kappa shape index (κ1) is 38.5. The van der Waals surface area contributed by atoms with Gasteiger partial charge in [0.05, 0.1) is 18.3 Å². The van der Waals surface area contributed by atoms with E-state index in [0.29, 0.717) is 28.0 Å². The molecule has 0 radical (unpaired) electrons. The van der Waals surface area contributed by atoms with Crippen molar-refractivity contribution in [2.45, 2.75) is 64.4 Å². The van der Waals surface area contributed by atoms with Crippen LogP contribution in [-0.4, -0.2) is 65.7 Å². The summed E-state index contributed by atoms with van der Waals surface area (Å²) in [5.41, 5.74) is 1.28. The summed E-state index contributed by atoms with van der Waals surface area (Å²) >= 11 is 14.1. The monoisotopic (exact) mass is 794 g/mol. The number of anilines is 1. The van der Waals surface area contributed by atoms with Gasteiger partial charge in [0.25, 0.3) is 0 Å². The Kier molecular flexibility index (Phi) is 11.9. The lowest BCUT2D eigenvalue weighted by Crippen LogP contribution is -2.53. The number of aromatic nitrogens is 1. The van der Waals surface area contributed by atoms with Crippen molar-refractivity contribution in [1.29, 1.82) is 0 Å². The predicted octanol–water partition coefficient (Wildman–Crippen LogP) is 8.42. The number of halogens is 5. The first-order valence-electron chi connectivity index (χ1n) is 16.9. The Hall–Kier alpha value is -4.24. The molecule has 0 saturated carbocycles. The lowest BCUT2D eigenvalue weighted by atomic mass is 9.83. The number of hydrogen-bond donors (Lipinski definition) is 2. The molecule has 10 nitrogen and oxygen atoms in total. The van der Waals surface area contributed by atoms with Gasteiger partial charge in [0.15, 0.2) is 11.5 Å². The average molecular weight is 796 g/mol. The van der Waals surface area contributed by atoms with Crippen LogP contribution in [0.1, 0.15) is 64.5 Å². The largest absolute Gasteiger partial charge is 0.487 e. The lowest BCUT2D eigenvalue weighted by molar-refractivity contribution is -0.904. The third-order valence-electron chi connectivity index (χ3n) is 9.42. The molecular weight excluding hydrogens is 758 g/mol. The molecule has 53 heavy (non-hydrogen) atoms. The Labute approximate surface area is 317 Å². The second kappa shape index (κ2) is 16.4. The molecule has 4 aromatic rings. The number of carbonyl (C=O) groups is 2. The number of fused-ring (bicyclic) bond motifs is 3. The molecule has 1 amide bonds. The first-order valence-corrected chi connectivity index (χ1v) is 18.5. The van der Waals surface area contributed by atoms with Gasteiger partial charge in [0, 0.05) is 22.8 Å². The van der Waals surface area contributed by atoms with Crippen molar-refractivity contribution in [2.75, 3.05) is 24.5 Å². The Morgan fingerprint density at radius 3 is 2.36 bits per heavy atom. The van der Waals surface area contributed by atoms with Gasteiger partial charge in [-0.25, -0.2) is 14.0 Å². The maximum absolute atomic E-state index is 15.5. The molecule has 7 rings (SSSR count). The highest BCUT2D eigenvalue weighted by Gasteiger charge is 2.38. The number of hydrogen-bond acceptors (Lipinski definition) is 8. The average Bonchev–Trinajstić information content (AvgIpc) is 3.52. The number of aromatic carboxylic acids is 1. The highest BCUT2D eigenvalue weighted by molar-refractivity contribution is 7.12. The zero-order valence-corrected chi connectivity index (χ0v) is 31.0. The number of ether oxygens (including phenoxy) is 3. The summed E-state index contributed by atoms with van der Waals surface area (Å²) in [6.07, 6.45) is 2.48. The number of carboxylic acids is 1. The van der Waals surface area contributed by atoms with Crippen molar-refractivity contribution in [3.63, 3.8) is 0 Å². The highest BCUT2D eigenvalue weighted by Crippen LogP contribution is 2.43. The molecule has 0 spiro atoms. The van der Waals surface area contributed by atoms with Crippen molar-refractivity contribution in [2.24, 2.45) is 5.92 Å². The van der Waals surface area contributed by atoms with Gasteiger partial charge < -0.3 is 19.3 Å². The number of rotatable bonds is 13. The number of carboxylic acid groups (broad SMARTS) is 1. The first-order chi connectivity index (χ1) is 25.3. The molecule has 3 fully saturated rings. The standard InChI is InChI=1S/C37H36Cl2F3N3O7S/c1-20(2)50-31-13-22(7-8-30(31)51-36(41)42)24(14-25-26(38)16-44(49)17-27(25)39)33-23(19-53-34(33)35(46)47)15-45(29-6-4-3-5-28(29)40)37(48)52-32-18-43-11-9-21(32)10-12-43/h3-8,13,16-17,19-21,24,32,36H,9-12,14-15,18H2,1-2H3,(H-,46,47,49)/p+1/t24-,32-/m0/s1. The van der Waals surface area contributed by atoms with Crippen LogP contribution in [0.4, 0.5) is 23.7 Å². The number of alkyl halides is 2. The second-order valence-electron chi connectivity index (χ2n) is 13.2. The fourth-order valence-corrected chi connectivity index (χ4v) is 8.57. The minimum absolute atomic E-state index is 0.0241. The summed E-state index contributed by atoms with van der Waals surface area (Å²) < 4.78 is 59.6. The van der Waals surface area contributed by atoms with E-state index in [1.165, 1.54) is 48.8 Å². The van der Waals surface area contributed by atoms with E-state index in [1.54, 1.807) is 25.3 Å². The van der Waals surface area contributed by atoms with Gasteiger partial charge in [-0.15, -0.1) is 11.3 Å². The Morgan fingerprint density at radius 2 is 1.75 bits per heavy atom. The molecule has 2 atom stereocenters. The Bertz CT molecular complexity index is 1950. The van der Waals surface area contributed by atoms with Crippen LogP contribution in [0.25, 0.3) is 0 Å². The molecule has 5 heterocycles. The van der Waals surface area contributed by atoms with Crippen LogP contribution in [-0.2, 0) is 17.7 Å². The molecule has 16 heteroatoms. The van der Waals surface area contributed by atoms with Crippen LogP contribution < -0.4 is 19.1 Å². The van der Waals surface area contributed by atoms with Gasteiger partial charge in [0.1, 0.15) is 26.8 Å². The second-order valence-corrected chi connectivity index (χ2v) is 14.9. The van der Waals surface area contributed by atoms with Crippen LogP contribution in [0, 0.1) is 11.7 Å². The van der Waals surface area contributed by atoms with Crippen molar-refractivity contribution in [3.8, 4) is 11.5 Å². The van der Waals surface area contributed by atoms with Crippen LogP contribution in [0.15, 0.2) is 60.2 Å². The van der Waals surface area contributed by atoms with Crippen LogP contribution in [0.5, 0.6) is 11.5 Å². The zero-order chi connectivity index (χ0) is 38.0. The third-order valence-corrected chi connectivity index (χ3v) is 11.1. The quantitative estimate of drug-likeness (QED) is 0.103. The van der Waals surface area contributed by atoms with Crippen molar-refractivity contribution in [3.05, 3.63) is 103 Å². The highest BCUT2D eigenvalue weighted by atomic mass is 35.5. The number of nitrogens with zero attached hydrogens (tertiary/aromatic N) is 3. The van der Waals surface area contributed by atoms with E-state index in [1.807, 2.05) is 0 Å². The van der Waals surface area contributed by atoms with Crippen LogP contribution >= 0.6 is 34.5 Å². The number of thiophene rings is 1. The molecule has 3 saturated heterocycles. The van der Waals surface area contributed by atoms with Gasteiger partial charge >= 0.3 is 18.7 Å². The molecule has 2 aromatic heterocycles. The van der Waals surface area contributed by atoms with Crippen LogP contribution in [0.2, 0.25) is 10.0 Å². The minimum Gasteiger partial charge on any atom is -0.487 e. The molecule has 282 valence electrons. The molecule has 0 aliphatic carbocycles. The number of carbonyl (C=O) groups excluding carboxylic acids is 1. The van der Waals surface area contributed by atoms with E-state index in [2.05, 4.69) is 4.90 Å². The van der Waals surface area contributed by atoms with Gasteiger partial charge in [-0.3, -0.25) is 15.0 Å². The van der Waals surface area contributed by atoms with Gasteiger partial charge in [-0.2, -0.15) is 8.78 Å². The van der Waals surface area contributed by atoms with Gasteiger partial charge in [-0.1, -0.05) is 41.4 Å². The molecule has 0 unspecified atom stereocenters. The number of amides is 1. The number of pyridine rings is 1. The zero-order valence-electron chi connectivity index (χ0n) is 28.7. The van der Waals surface area contributed by atoms with Crippen molar-refractivity contribution in [1.82, 2.24) is 4.90 Å². The summed E-state index contributed by atoms with van der Waals surface area (Å²) in [6.45, 7) is 2.37. The normalized spacial score (nSPS) is 18.6. The molecular formula is C37H37Cl2F3N3O7S+.